The minimum Gasteiger partial charge on any atom is -0.368 e. The Labute approximate surface area is 104 Å². The second-order valence-corrected chi connectivity index (χ2v) is 5.40. The van der Waals surface area contributed by atoms with Crippen LogP contribution < -0.4 is 11.1 Å². The van der Waals surface area contributed by atoms with E-state index in [4.69, 9.17) is 17.3 Å². The lowest BCUT2D eigenvalue weighted by molar-refractivity contribution is 0.676. The van der Waals surface area contributed by atoms with Crippen molar-refractivity contribution in [3.05, 3.63) is 5.28 Å². The molecule has 16 heavy (non-hydrogen) atoms. The molecule has 7 heteroatoms. The number of hydrogen-bond acceptors (Lipinski definition) is 6. The van der Waals surface area contributed by atoms with Crippen molar-refractivity contribution in [2.75, 3.05) is 23.3 Å². The first-order chi connectivity index (χ1) is 7.74. The van der Waals surface area contributed by atoms with Gasteiger partial charge in [-0.1, -0.05) is 6.42 Å². The van der Waals surface area contributed by atoms with Gasteiger partial charge >= 0.3 is 0 Å². The summed E-state index contributed by atoms with van der Waals surface area (Å²) >= 11 is 7.68. The van der Waals surface area contributed by atoms with E-state index >= 15 is 0 Å². The van der Waals surface area contributed by atoms with Crippen LogP contribution in [-0.2, 0) is 0 Å². The molecule has 1 aromatic rings. The van der Waals surface area contributed by atoms with E-state index in [0.29, 0.717) is 11.2 Å². The van der Waals surface area contributed by atoms with Gasteiger partial charge in [-0.2, -0.15) is 26.7 Å². The molecule has 3 N–H and O–H groups in total. The van der Waals surface area contributed by atoms with E-state index in [1.54, 1.807) is 0 Å². The average Bonchev–Trinajstić information content (AvgIpc) is 2.27. The van der Waals surface area contributed by atoms with Gasteiger partial charge in [0.15, 0.2) is 0 Å². The molecule has 2 rings (SSSR count). The molecule has 1 aromatic heterocycles. The highest BCUT2D eigenvalue weighted by molar-refractivity contribution is 7.99. The standard InChI is InChI=1S/C9H14ClN5S/c10-7-13-8(11)15-9(14-7)12-5-6-3-1-2-4-16-6/h6H,1-5H2,(H3,11,12,13,14,15). The Balaban J connectivity index is 1.88. The van der Waals surface area contributed by atoms with Crippen LogP contribution in [0.2, 0.25) is 5.28 Å². The van der Waals surface area contributed by atoms with Crippen LogP contribution in [-0.4, -0.2) is 32.5 Å². The van der Waals surface area contributed by atoms with Gasteiger partial charge in [0, 0.05) is 11.8 Å². The molecule has 0 aliphatic carbocycles. The van der Waals surface area contributed by atoms with Crippen LogP contribution in [0.1, 0.15) is 19.3 Å². The van der Waals surface area contributed by atoms with Gasteiger partial charge in [-0.15, -0.1) is 0 Å². The molecule has 1 saturated heterocycles. The van der Waals surface area contributed by atoms with Gasteiger partial charge in [0.25, 0.3) is 0 Å². The largest absolute Gasteiger partial charge is 0.368 e. The normalized spacial score (nSPS) is 20.7. The van der Waals surface area contributed by atoms with Crippen molar-refractivity contribution in [2.45, 2.75) is 24.5 Å². The smallest absolute Gasteiger partial charge is 0.228 e. The average molecular weight is 260 g/mol. The van der Waals surface area contributed by atoms with E-state index in [9.17, 15) is 0 Å². The van der Waals surface area contributed by atoms with E-state index in [2.05, 4.69) is 20.3 Å². The Morgan fingerprint density at radius 2 is 2.25 bits per heavy atom. The third-order valence-electron chi connectivity index (χ3n) is 2.39. The highest BCUT2D eigenvalue weighted by atomic mass is 35.5. The summed E-state index contributed by atoms with van der Waals surface area (Å²) in [5, 5.41) is 3.91. The van der Waals surface area contributed by atoms with Crippen LogP contribution in [0, 0.1) is 0 Å². The van der Waals surface area contributed by atoms with Crippen molar-refractivity contribution in [1.29, 1.82) is 0 Å². The third-order valence-corrected chi connectivity index (χ3v) is 3.95. The fourth-order valence-corrected chi connectivity index (χ4v) is 3.02. The predicted molar refractivity (Wildman–Crippen MR) is 67.8 cm³/mol. The van der Waals surface area contributed by atoms with Crippen LogP contribution in [0.3, 0.4) is 0 Å². The van der Waals surface area contributed by atoms with Gasteiger partial charge in [-0.3, -0.25) is 0 Å². The monoisotopic (exact) mass is 259 g/mol. The second-order valence-electron chi connectivity index (χ2n) is 3.66. The predicted octanol–water partition coefficient (Wildman–Crippen LogP) is 1.80. The molecule has 0 amide bonds. The van der Waals surface area contributed by atoms with Gasteiger partial charge in [0.1, 0.15) is 0 Å². The Kier molecular flexibility index (Phi) is 4.06. The highest BCUT2D eigenvalue weighted by Crippen LogP contribution is 2.24. The first kappa shape index (κ1) is 11.7. The molecule has 2 heterocycles. The fraction of sp³-hybridized carbons (Fsp3) is 0.667. The third kappa shape index (κ3) is 3.38. The summed E-state index contributed by atoms with van der Waals surface area (Å²) in [7, 11) is 0. The molecule has 1 atom stereocenters. The van der Waals surface area contributed by atoms with E-state index in [1.165, 1.54) is 25.0 Å². The number of halogens is 1. The number of thioether (sulfide) groups is 1. The molecule has 1 aliphatic heterocycles. The highest BCUT2D eigenvalue weighted by Gasteiger charge is 2.14. The number of rotatable bonds is 3. The van der Waals surface area contributed by atoms with E-state index in [0.717, 1.165) is 6.54 Å². The van der Waals surface area contributed by atoms with Crippen molar-refractivity contribution in [2.24, 2.45) is 0 Å². The number of nitrogens with zero attached hydrogens (tertiary/aromatic N) is 3. The summed E-state index contributed by atoms with van der Waals surface area (Å²) in [4.78, 5) is 11.6. The van der Waals surface area contributed by atoms with Gasteiger partial charge in [-0.05, 0) is 30.2 Å². The molecular formula is C9H14ClN5S. The summed E-state index contributed by atoms with van der Waals surface area (Å²) in [6.45, 7) is 0.852. The molecule has 1 unspecified atom stereocenters. The van der Waals surface area contributed by atoms with Crippen LogP contribution >= 0.6 is 23.4 Å². The minimum atomic E-state index is 0.131. The number of nitrogens with one attached hydrogen (secondary N) is 1. The van der Waals surface area contributed by atoms with Crippen molar-refractivity contribution < 1.29 is 0 Å². The molecule has 88 valence electrons. The van der Waals surface area contributed by atoms with E-state index in [1.807, 2.05) is 11.8 Å². The zero-order valence-electron chi connectivity index (χ0n) is 8.82. The molecule has 0 spiro atoms. The van der Waals surface area contributed by atoms with Crippen molar-refractivity contribution in [3.8, 4) is 0 Å². The Morgan fingerprint density at radius 3 is 2.94 bits per heavy atom. The molecular weight excluding hydrogens is 246 g/mol. The van der Waals surface area contributed by atoms with Gasteiger partial charge in [-0.25, -0.2) is 0 Å². The quantitative estimate of drug-likeness (QED) is 0.862. The fourth-order valence-electron chi connectivity index (χ4n) is 1.62. The maximum absolute atomic E-state index is 5.68. The first-order valence-electron chi connectivity index (χ1n) is 5.26. The number of aromatic nitrogens is 3. The van der Waals surface area contributed by atoms with E-state index < -0.39 is 0 Å². The molecule has 0 bridgehead atoms. The Morgan fingerprint density at radius 1 is 1.38 bits per heavy atom. The summed E-state index contributed by atoms with van der Waals surface area (Å²) in [6, 6.07) is 0. The van der Waals surface area contributed by atoms with Crippen molar-refractivity contribution >= 4 is 35.3 Å². The number of nitrogen functional groups attached to an aromatic ring is 1. The SMILES string of the molecule is Nc1nc(Cl)nc(NCC2CCCCS2)n1. The number of hydrogen-bond donors (Lipinski definition) is 2. The van der Waals surface area contributed by atoms with Crippen LogP contribution in [0.15, 0.2) is 0 Å². The lowest BCUT2D eigenvalue weighted by Crippen LogP contribution is -2.21. The molecule has 1 aliphatic rings. The van der Waals surface area contributed by atoms with Crippen LogP contribution in [0.4, 0.5) is 11.9 Å². The van der Waals surface area contributed by atoms with Gasteiger partial charge in [0.2, 0.25) is 17.2 Å². The molecule has 1 fully saturated rings. The van der Waals surface area contributed by atoms with Crippen molar-refractivity contribution in [1.82, 2.24) is 15.0 Å². The maximum atomic E-state index is 5.68. The summed E-state index contributed by atoms with van der Waals surface area (Å²) in [6.07, 6.45) is 3.87. The molecule has 0 saturated carbocycles. The molecule has 5 nitrogen and oxygen atoms in total. The lowest BCUT2D eigenvalue weighted by Gasteiger charge is -2.21. The van der Waals surface area contributed by atoms with Gasteiger partial charge < -0.3 is 11.1 Å². The van der Waals surface area contributed by atoms with Gasteiger partial charge in [0.05, 0.1) is 0 Å². The lowest BCUT2D eigenvalue weighted by atomic mass is 10.2. The topological polar surface area (TPSA) is 76.7 Å². The summed E-state index contributed by atoms with van der Waals surface area (Å²) in [5.41, 5.74) is 5.48. The number of anilines is 2. The molecule has 0 aromatic carbocycles. The van der Waals surface area contributed by atoms with Crippen LogP contribution in [0.5, 0.6) is 0 Å². The van der Waals surface area contributed by atoms with Crippen LogP contribution in [0.25, 0.3) is 0 Å². The summed E-state index contributed by atoms with van der Waals surface area (Å²) < 4.78 is 0. The number of nitrogens with two attached hydrogens (primary N) is 1. The Hall–Kier alpha value is -0.750. The minimum absolute atomic E-state index is 0.131. The first-order valence-corrected chi connectivity index (χ1v) is 6.69. The zero-order valence-corrected chi connectivity index (χ0v) is 10.4. The second kappa shape index (κ2) is 5.54. The zero-order chi connectivity index (χ0) is 11.4. The Bertz CT molecular complexity index is 336. The van der Waals surface area contributed by atoms with Crippen molar-refractivity contribution in [3.63, 3.8) is 0 Å². The summed E-state index contributed by atoms with van der Waals surface area (Å²) in [5.74, 6) is 1.86. The molecule has 0 radical (unpaired) electrons. The van der Waals surface area contributed by atoms with E-state index in [-0.39, 0.29) is 11.2 Å². The maximum Gasteiger partial charge on any atom is 0.228 e.